The molecular weight excluding hydrogens is 402 g/mol. The van der Waals surface area contributed by atoms with Crippen molar-refractivity contribution in [3.63, 3.8) is 0 Å². The van der Waals surface area contributed by atoms with E-state index in [1.165, 1.54) is 10.5 Å². The Morgan fingerprint density at radius 1 is 1.10 bits per heavy atom. The Labute approximate surface area is 177 Å². The van der Waals surface area contributed by atoms with E-state index >= 15 is 0 Å². The number of carbonyl (C=O) groups excluding carboxylic acids is 1. The molecule has 4 rings (SSSR count). The monoisotopic (exact) mass is 419 g/mol. The number of carbonyl (C=O) groups is 1. The molecule has 0 saturated carbocycles. The molecular formula is C23H18ClN3O3. The van der Waals surface area contributed by atoms with Crippen molar-refractivity contribution < 1.29 is 9.53 Å². The fraction of sp³-hybridized carbons (Fsp3) is 0.0870. The van der Waals surface area contributed by atoms with Crippen LogP contribution in [-0.4, -0.2) is 15.3 Å². The van der Waals surface area contributed by atoms with Crippen molar-refractivity contribution in [2.75, 3.05) is 5.32 Å². The molecule has 1 amide bonds. The third kappa shape index (κ3) is 4.18. The lowest BCUT2D eigenvalue weighted by molar-refractivity contribution is 0.102. The molecule has 30 heavy (non-hydrogen) atoms. The summed E-state index contributed by atoms with van der Waals surface area (Å²) in [5.41, 5.74) is 2.82. The fourth-order valence-electron chi connectivity index (χ4n) is 3.03. The number of nitrogens with zero attached hydrogens (tertiary/aromatic N) is 2. The van der Waals surface area contributed by atoms with Gasteiger partial charge in [-0.1, -0.05) is 29.8 Å². The minimum Gasteiger partial charge on any atom is -0.485 e. The van der Waals surface area contributed by atoms with Crippen molar-refractivity contribution >= 4 is 28.8 Å². The first-order chi connectivity index (χ1) is 14.5. The predicted molar refractivity (Wildman–Crippen MR) is 116 cm³/mol. The zero-order valence-corrected chi connectivity index (χ0v) is 16.9. The van der Waals surface area contributed by atoms with Crippen LogP contribution in [0.4, 0.5) is 5.69 Å². The van der Waals surface area contributed by atoms with Crippen LogP contribution >= 0.6 is 11.6 Å². The van der Waals surface area contributed by atoms with E-state index in [0.29, 0.717) is 33.4 Å². The van der Waals surface area contributed by atoms with Gasteiger partial charge in [0.2, 0.25) is 0 Å². The lowest BCUT2D eigenvalue weighted by Gasteiger charge is -2.13. The number of para-hydroxylation sites is 2. The summed E-state index contributed by atoms with van der Waals surface area (Å²) in [6.07, 6.45) is 1.68. The zero-order chi connectivity index (χ0) is 21.1. The molecule has 2 aromatic carbocycles. The van der Waals surface area contributed by atoms with Gasteiger partial charge in [-0.05, 0) is 55.0 Å². The van der Waals surface area contributed by atoms with E-state index in [1.54, 1.807) is 60.8 Å². The topological polar surface area (TPSA) is 72.7 Å². The molecule has 2 aromatic heterocycles. The van der Waals surface area contributed by atoms with Crippen molar-refractivity contribution in [1.29, 1.82) is 0 Å². The van der Waals surface area contributed by atoms with Gasteiger partial charge in [0, 0.05) is 22.8 Å². The summed E-state index contributed by atoms with van der Waals surface area (Å²) in [4.78, 5) is 29.4. The number of amides is 1. The highest BCUT2D eigenvalue weighted by Gasteiger charge is 2.11. The molecule has 0 aliphatic rings. The first kappa shape index (κ1) is 19.7. The normalized spacial score (nSPS) is 10.7. The number of aryl methyl sites for hydroxylation is 1. The first-order valence-electron chi connectivity index (χ1n) is 9.28. The molecule has 0 bridgehead atoms. The highest BCUT2D eigenvalue weighted by molar-refractivity contribution is 6.30. The highest BCUT2D eigenvalue weighted by Crippen LogP contribution is 2.25. The van der Waals surface area contributed by atoms with Gasteiger partial charge >= 0.3 is 0 Å². The molecule has 0 saturated heterocycles. The first-order valence-corrected chi connectivity index (χ1v) is 9.66. The van der Waals surface area contributed by atoms with E-state index in [9.17, 15) is 9.59 Å². The van der Waals surface area contributed by atoms with Gasteiger partial charge in [-0.15, -0.1) is 0 Å². The summed E-state index contributed by atoms with van der Waals surface area (Å²) in [5, 5.41) is 3.40. The van der Waals surface area contributed by atoms with E-state index in [2.05, 4.69) is 10.3 Å². The van der Waals surface area contributed by atoms with E-state index in [0.717, 1.165) is 5.56 Å². The fourth-order valence-corrected chi connectivity index (χ4v) is 3.15. The van der Waals surface area contributed by atoms with Crippen LogP contribution < -0.4 is 15.6 Å². The number of aromatic nitrogens is 2. The van der Waals surface area contributed by atoms with Crippen LogP contribution in [0.25, 0.3) is 5.65 Å². The van der Waals surface area contributed by atoms with Crippen molar-refractivity contribution in [3.8, 4) is 5.75 Å². The van der Waals surface area contributed by atoms with Crippen molar-refractivity contribution in [1.82, 2.24) is 9.38 Å². The maximum absolute atomic E-state index is 12.5. The third-order valence-electron chi connectivity index (χ3n) is 4.56. The number of ether oxygens (including phenoxy) is 1. The van der Waals surface area contributed by atoms with Crippen LogP contribution in [0.15, 0.2) is 77.7 Å². The molecule has 0 unspecified atom stereocenters. The Morgan fingerprint density at radius 2 is 1.87 bits per heavy atom. The lowest BCUT2D eigenvalue weighted by Crippen LogP contribution is -2.17. The number of anilines is 1. The van der Waals surface area contributed by atoms with Gasteiger partial charge in [0.1, 0.15) is 18.0 Å². The number of nitrogens with one attached hydrogen (secondary N) is 1. The molecule has 0 aliphatic heterocycles. The Bertz CT molecular complexity index is 1280. The standard InChI is InChI=1S/C23H18ClN3O3/c1-15-5-4-12-27-21(28)13-18(25-22(15)27)14-30-20-7-3-2-6-19(20)26-23(29)16-8-10-17(24)11-9-16/h2-13H,14H2,1H3,(H,26,29). The number of pyridine rings is 1. The molecule has 150 valence electrons. The predicted octanol–water partition coefficient (Wildman–Crippen LogP) is 4.49. The number of halogens is 1. The average molecular weight is 420 g/mol. The SMILES string of the molecule is Cc1cccn2c(=O)cc(COc3ccccc3NC(=O)c3ccc(Cl)cc3)nc12. The molecule has 2 heterocycles. The van der Waals surface area contributed by atoms with E-state index in [-0.39, 0.29) is 18.1 Å². The quantitative estimate of drug-likeness (QED) is 0.517. The van der Waals surface area contributed by atoms with Crippen LogP contribution in [0.2, 0.25) is 5.02 Å². The highest BCUT2D eigenvalue weighted by atomic mass is 35.5. The van der Waals surface area contributed by atoms with E-state index in [1.807, 2.05) is 13.0 Å². The minimum absolute atomic E-state index is 0.0912. The third-order valence-corrected chi connectivity index (χ3v) is 4.81. The second kappa shape index (κ2) is 8.39. The number of benzene rings is 2. The summed E-state index contributed by atoms with van der Waals surface area (Å²) in [5.74, 6) is 0.201. The summed E-state index contributed by atoms with van der Waals surface area (Å²) in [7, 11) is 0. The molecule has 1 N–H and O–H groups in total. The second-order valence-corrected chi connectivity index (χ2v) is 7.15. The van der Waals surface area contributed by atoms with E-state index < -0.39 is 0 Å². The molecule has 0 radical (unpaired) electrons. The van der Waals surface area contributed by atoms with Crippen molar-refractivity contribution in [2.24, 2.45) is 0 Å². The molecule has 7 heteroatoms. The van der Waals surface area contributed by atoms with Gasteiger partial charge in [0.25, 0.3) is 11.5 Å². The average Bonchev–Trinajstić information content (AvgIpc) is 2.74. The Morgan fingerprint density at radius 3 is 2.67 bits per heavy atom. The van der Waals surface area contributed by atoms with E-state index in [4.69, 9.17) is 16.3 Å². The second-order valence-electron chi connectivity index (χ2n) is 6.72. The molecule has 0 aliphatic carbocycles. The molecule has 4 aromatic rings. The number of fused-ring (bicyclic) bond motifs is 1. The summed E-state index contributed by atoms with van der Waals surface area (Å²) < 4.78 is 7.38. The van der Waals surface area contributed by atoms with Gasteiger partial charge in [-0.2, -0.15) is 0 Å². The van der Waals surface area contributed by atoms with Crippen LogP contribution in [0.5, 0.6) is 5.75 Å². The Balaban J connectivity index is 1.54. The molecule has 0 atom stereocenters. The van der Waals surface area contributed by atoms with Gasteiger partial charge < -0.3 is 10.1 Å². The van der Waals surface area contributed by atoms with Gasteiger partial charge in [0.05, 0.1) is 11.4 Å². The maximum Gasteiger partial charge on any atom is 0.258 e. The smallest absolute Gasteiger partial charge is 0.258 e. The summed E-state index contributed by atoms with van der Waals surface area (Å²) >= 11 is 5.88. The Hall–Kier alpha value is -3.64. The summed E-state index contributed by atoms with van der Waals surface area (Å²) in [6, 6.07) is 18.9. The van der Waals surface area contributed by atoms with Crippen LogP contribution in [0.1, 0.15) is 21.6 Å². The molecule has 0 fully saturated rings. The zero-order valence-electron chi connectivity index (χ0n) is 16.1. The van der Waals surface area contributed by atoms with Crippen LogP contribution in [0, 0.1) is 6.92 Å². The van der Waals surface area contributed by atoms with Gasteiger partial charge in [0.15, 0.2) is 0 Å². The van der Waals surface area contributed by atoms with Crippen LogP contribution in [0.3, 0.4) is 0 Å². The molecule has 0 spiro atoms. The van der Waals surface area contributed by atoms with Gasteiger partial charge in [-0.25, -0.2) is 4.98 Å². The van der Waals surface area contributed by atoms with Crippen LogP contribution in [-0.2, 0) is 6.61 Å². The number of rotatable bonds is 5. The number of hydrogen-bond donors (Lipinski definition) is 1. The summed E-state index contributed by atoms with van der Waals surface area (Å²) in [6.45, 7) is 1.99. The van der Waals surface area contributed by atoms with Crippen molar-refractivity contribution in [2.45, 2.75) is 13.5 Å². The minimum atomic E-state index is -0.277. The largest absolute Gasteiger partial charge is 0.485 e. The van der Waals surface area contributed by atoms with Gasteiger partial charge in [-0.3, -0.25) is 14.0 Å². The Kier molecular flexibility index (Phi) is 5.50. The molecule has 6 nitrogen and oxygen atoms in total. The number of hydrogen-bond acceptors (Lipinski definition) is 4. The maximum atomic E-state index is 12.5. The lowest BCUT2D eigenvalue weighted by atomic mass is 10.2. The van der Waals surface area contributed by atoms with Crippen molar-refractivity contribution in [3.05, 3.63) is 105 Å².